The molecule has 2 unspecified atom stereocenters. The minimum atomic E-state index is -1.49. The predicted molar refractivity (Wildman–Crippen MR) is 55.1 cm³/mol. The van der Waals surface area contributed by atoms with Gasteiger partial charge in [-0.3, -0.25) is 9.59 Å². The predicted octanol–water partition coefficient (Wildman–Crippen LogP) is -0.147. The maximum atomic E-state index is 11.1. The van der Waals surface area contributed by atoms with Crippen LogP contribution in [0.5, 0.6) is 0 Å². The molecular formula is C10H19NO4. The van der Waals surface area contributed by atoms with Crippen molar-refractivity contribution in [2.45, 2.75) is 39.3 Å². The van der Waals surface area contributed by atoms with Gasteiger partial charge in [0.05, 0.1) is 0 Å². The van der Waals surface area contributed by atoms with Crippen molar-refractivity contribution >= 4 is 11.8 Å². The second-order valence-corrected chi connectivity index (χ2v) is 3.96. The number of carbonyl (C=O) groups is 2. The number of ketones is 1. The highest BCUT2D eigenvalue weighted by Gasteiger charge is 2.37. The number of hydrogen-bond acceptors (Lipinski definition) is 5. The third-order valence-electron chi connectivity index (χ3n) is 2.72. The summed E-state index contributed by atoms with van der Waals surface area (Å²) in [5.74, 6) is -1.26. The first kappa shape index (κ1) is 14.1. The Kier molecular flexibility index (Phi) is 4.90. The molecule has 0 fully saturated rings. The first-order chi connectivity index (χ1) is 6.69. The van der Waals surface area contributed by atoms with Crippen molar-refractivity contribution in [1.82, 2.24) is 0 Å². The Bertz CT molecular complexity index is 250. The van der Waals surface area contributed by atoms with Crippen molar-refractivity contribution in [1.29, 1.82) is 0 Å². The van der Waals surface area contributed by atoms with Crippen LogP contribution < -0.4 is 5.73 Å². The lowest BCUT2D eigenvalue weighted by atomic mass is 9.83. The van der Waals surface area contributed by atoms with Gasteiger partial charge in [-0.1, -0.05) is 6.92 Å². The first-order valence-electron chi connectivity index (χ1n) is 4.82. The van der Waals surface area contributed by atoms with Crippen LogP contribution in [0.2, 0.25) is 0 Å². The van der Waals surface area contributed by atoms with E-state index in [9.17, 15) is 14.7 Å². The molecule has 15 heavy (non-hydrogen) atoms. The summed E-state index contributed by atoms with van der Waals surface area (Å²) in [5, 5.41) is 9.83. The molecule has 0 bridgehead atoms. The second-order valence-electron chi connectivity index (χ2n) is 3.96. The van der Waals surface area contributed by atoms with Crippen LogP contribution in [-0.4, -0.2) is 35.1 Å². The van der Waals surface area contributed by atoms with Gasteiger partial charge in [0.25, 0.3) is 0 Å². The quantitative estimate of drug-likeness (QED) is 0.625. The summed E-state index contributed by atoms with van der Waals surface area (Å²) in [6.45, 7) is 5.64. The Morgan fingerprint density at radius 2 is 1.93 bits per heavy atom. The molecule has 0 amide bonds. The molecule has 3 atom stereocenters. The average molecular weight is 217 g/mol. The van der Waals surface area contributed by atoms with Gasteiger partial charge in [0.2, 0.25) is 0 Å². The third kappa shape index (κ3) is 3.97. The molecule has 5 nitrogen and oxygen atoms in total. The van der Waals surface area contributed by atoms with E-state index in [4.69, 9.17) is 10.5 Å². The molecular weight excluding hydrogens is 198 g/mol. The lowest BCUT2D eigenvalue weighted by molar-refractivity contribution is -0.144. The zero-order chi connectivity index (χ0) is 12.2. The number of aliphatic hydroxyl groups is 1. The van der Waals surface area contributed by atoms with Crippen LogP contribution in [0.4, 0.5) is 0 Å². The monoisotopic (exact) mass is 217 g/mol. The van der Waals surface area contributed by atoms with E-state index in [-0.39, 0.29) is 12.4 Å². The Labute approximate surface area is 89.6 Å². The van der Waals surface area contributed by atoms with Gasteiger partial charge in [-0.25, -0.2) is 0 Å². The molecule has 0 saturated heterocycles. The van der Waals surface area contributed by atoms with Crippen LogP contribution in [0.15, 0.2) is 0 Å². The Hall–Kier alpha value is -0.940. The lowest BCUT2D eigenvalue weighted by Gasteiger charge is -2.31. The van der Waals surface area contributed by atoms with Crippen molar-refractivity contribution in [2.75, 3.05) is 6.61 Å². The number of Topliss-reactive ketones (excluding diaryl/α,β-unsaturated/α-hetero) is 1. The molecule has 0 rings (SSSR count). The first-order valence-corrected chi connectivity index (χ1v) is 4.82. The maximum Gasteiger partial charge on any atom is 0.302 e. The van der Waals surface area contributed by atoms with E-state index in [2.05, 4.69) is 0 Å². The smallest absolute Gasteiger partial charge is 0.302 e. The molecule has 0 aromatic rings. The van der Waals surface area contributed by atoms with Crippen molar-refractivity contribution in [2.24, 2.45) is 11.7 Å². The van der Waals surface area contributed by atoms with Gasteiger partial charge in [0, 0.05) is 18.9 Å². The summed E-state index contributed by atoms with van der Waals surface area (Å²) in [6, 6.07) is -0.562. The standard InChI is InChI=1S/C10H19NO4/c1-6(10(4,14)7(2)12)9(11)5-15-8(3)13/h6,9,14H,5,11H2,1-4H3/t6?,9-,10?/m0/s1. The van der Waals surface area contributed by atoms with E-state index >= 15 is 0 Å². The van der Waals surface area contributed by atoms with E-state index in [0.29, 0.717) is 0 Å². The number of esters is 1. The van der Waals surface area contributed by atoms with Gasteiger partial charge >= 0.3 is 5.97 Å². The third-order valence-corrected chi connectivity index (χ3v) is 2.72. The minimum Gasteiger partial charge on any atom is -0.464 e. The Morgan fingerprint density at radius 1 is 1.47 bits per heavy atom. The maximum absolute atomic E-state index is 11.1. The Morgan fingerprint density at radius 3 is 2.27 bits per heavy atom. The summed E-state index contributed by atoms with van der Waals surface area (Å²) in [7, 11) is 0. The Balaban J connectivity index is 4.37. The van der Waals surface area contributed by atoms with Gasteiger partial charge in [0.1, 0.15) is 12.2 Å². The summed E-state index contributed by atoms with van der Waals surface area (Å²) in [6.07, 6.45) is 0. The normalized spacial score (nSPS) is 18.8. The highest BCUT2D eigenvalue weighted by molar-refractivity contribution is 5.84. The molecule has 0 aliphatic rings. The summed E-state index contributed by atoms with van der Waals surface area (Å²) in [5.41, 5.74) is 4.21. The molecule has 0 heterocycles. The van der Waals surface area contributed by atoms with Crippen molar-refractivity contribution in [3.05, 3.63) is 0 Å². The van der Waals surface area contributed by atoms with E-state index in [1.807, 2.05) is 0 Å². The number of hydrogen-bond donors (Lipinski definition) is 2. The highest BCUT2D eigenvalue weighted by atomic mass is 16.5. The SMILES string of the molecule is CC(=O)OC[C@H](N)C(C)C(C)(O)C(C)=O. The largest absolute Gasteiger partial charge is 0.464 e. The topological polar surface area (TPSA) is 89.6 Å². The molecule has 0 aliphatic heterocycles. The van der Waals surface area contributed by atoms with Crippen LogP contribution in [0.3, 0.4) is 0 Å². The summed E-state index contributed by atoms with van der Waals surface area (Å²) < 4.78 is 4.71. The molecule has 0 aromatic heterocycles. The van der Waals surface area contributed by atoms with Crippen LogP contribution >= 0.6 is 0 Å². The number of nitrogens with two attached hydrogens (primary N) is 1. The fourth-order valence-corrected chi connectivity index (χ4v) is 1.10. The zero-order valence-corrected chi connectivity index (χ0v) is 9.61. The minimum absolute atomic E-state index is 0.0000694. The van der Waals surface area contributed by atoms with Gasteiger partial charge in [-0.2, -0.15) is 0 Å². The molecule has 3 N–H and O–H groups in total. The fraction of sp³-hybridized carbons (Fsp3) is 0.800. The number of rotatable bonds is 5. The highest BCUT2D eigenvalue weighted by Crippen LogP contribution is 2.20. The molecule has 0 spiro atoms. The fourth-order valence-electron chi connectivity index (χ4n) is 1.10. The zero-order valence-electron chi connectivity index (χ0n) is 9.61. The van der Waals surface area contributed by atoms with Crippen LogP contribution in [-0.2, 0) is 14.3 Å². The van der Waals surface area contributed by atoms with Gasteiger partial charge in [0.15, 0.2) is 5.78 Å². The summed E-state index contributed by atoms with van der Waals surface area (Å²) >= 11 is 0. The molecule has 0 aliphatic carbocycles. The van der Waals surface area contributed by atoms with Gasteiger partial charge < -0.3 is 15.6 Å². The van der Waals surface area contributed by atoms with E-state index in [0.717, 1.165) is 0 Å². The lowest BCUT2D eigenvalue weighted by Crippen LogP contribution is -2.50. The molecule has 88 valence electrons. The van der Waals surface area contributed by atoms with E-state index in [1.54, 1.807) is 6.92 Å². The van der Waals surface area contributed by atoms with Crippen molar-refractivity contribution in [3.8, 4) is 0 Å². The number of carbonyl (C=O) groups excluding carboxylic acids is 2. The molecule has 5 heteroatoms. The summed E-state index contributed by atoms with van der Waals surface area (Å²) in [4.78, 5) is 21.7. The van der Waals surface area contributed by atoms with Crippen molar-refractivity contribution < 1.29 is 19.4 Å². The second kappa shape index (κ2) is 5.23. The van der Waals surface area contributed by atoms with Crippen LogP contribution in [0.25, 0.3) is 0 Å². The van der Waals surface area contributed by atoms with E-state index in [1.165, 1.54) is 20.8 Å². The van der Waals surface area contributed by atoms with Gasteiger partial charge in [-0.15, -0.1) is 0 Å². The van der Waals surface area contributed by atoms with E-state index < -0.39 is 23.5 Å². The average Bonchev–Trinajstić information content (AvgIpc) is 2.12. The molecule has 0 radical (unpaired) electrons. The van der Waals surface area contributed by atoms with Crippen LogP contribution in [0.1, 0.15) is 27.7 Å². The van der Waals surface area contributed by atoms with Crippen molar-refractivity contribution in [3.63, 3.8) is 0 Å². The number of ether oxygens (including phenoxy) is 1. The van der Waals surface area contributed by atoms with Crippen LogP contribution in [0, 0.1) is 5.92 Å². The molecule has 0 aromatic carbocycles. The molecule has 0 saturated carbocycles. The van der Waals surface area contributed by atoms with Gasteiger partial charge in [-0.05, 0) is 13.8 Å².